The van der Waals surface area contributed by atoms with Crippen molar-refractivity contribution < 1.29 is 14.4 Å². The molecule has 9 heteroatoms. The van der Waals surface area contributed by atoms with Crippen molar-refractivity contribution in [2.75, 3.05) is 22.7 Å². The number of nitrogens with one attached hydrogen (secondary N) is 4. The number of nitrogens with zero attached hydrogens (tertiary/aromatic N) is 2. The number of hydrogen-bond acceptors (Lipinski definition) is 5. The Bertz CT molecular complexity index is 911. The van der Waals surface area contributed by atoms with E-state index >= 15 is 0 Å². The molecule has 0 bridgehead atoms. The van der Waals surface area contributed by atoms with Gasteiger partial charge in [0.25, 0.3) is 11.8 Å². The minimum atomic E-state index is -0.693. The number of benzene rings is 2. The fourth-order valence-corrected chi connectivity index (χ4v) is 2.52. The molecule has 3 rings (SSSR count). The predicted octanol–water partition coefficient (Wildman–Crippen LogP) is 1.71. The van der Waals surface area contributed by atoms with E-state index in [9.17, 15) is 14.4 Å². The van der Waals surface area contributed by atoms with Crippen molar-refractivity contribution in [2.24, 2.45) is 4.99 Å². The lowest BCUT2D eigenvalue weighted by molar-refractivity contribution is -0.120. The van der Waals surface area contributed by atoms with E-state index in [1.807, 2.05) is 6.07 Å². The van der Waals surface area contributed by atoms with E-state index in [2.05, 4.69) is 26.4 Å². The number of aliphatic imine (C=N–C) groups is 1. The predicted molar refractivity (Wildman–Crippen MR) is 107 cm³/mol. The molecule has 2 aromatic rings. The van der Waals surface area contributed by atoms with Gasteiger partial charge < -0.3 is 16.0 Å². The van der Waals surface area contributed by atoms with E-state index in [1.54, 1.807) is 55.5 Å². The number of para-hydroxylation sites is 1. The van der Waals surface area contributed by atoms with Crippen LogP contribution in [0.25, 0.3) is 0 Å². The molecule has 4 N–H and O–H groups in total. The van der Waals surface area contributed by atoms with Crippen molar-refractivity contribution in [1.82, 2.24) is 10.7 Å². The zero-order chi connectivity index (χ0) is 20.1. The van der Waals surface area contributed by atoms with Crippen molar-refractivity contribution in [3.05, 3.63) is 54.6 Å². The molecule has 0 radical (unpaired) electrons. The lowest BCUT2D eigenvalue weighted by Crippen LogP contribution is -2.57. The number of carbonyl (C=O) groups excluding carboxylic acids is 3. The molecule has 1 aliphatic rings. The third-order valence-corrected chi connectivity index (χ3v) is 3.98. The van der Waals surface area contributed by atoms with Crippen LogP contribution in [0.15, 0.2) is 59.6 Å². The van der Waals surface area contributed by atoms with Crippen LogP contribution in [-0.4, -0.2) is 36.8 Å². The Morgan fingerprint density at radius 2 is 1.61 bits per heavy atom. The summed E-state index contributed by atoms with van der Waals surface area (Å²) < 4.78 is 0. The Balaban J connectivity index is 1.70. The zero-order valence-electron chi connectivity index (χ0n) is 15.4. The van der Waals surface area contributed by atoms with Gasteiger partial charge >= 0.3 is 6.03 Å². The lowest BCUT2D eigenvalue weighted by atomic mass is 10.2. The van der Waals surface area contributed by atoms with Gasteiger partial charge in [-0.05, 0) is 43.3 Å². The molecule has 1 aliphatic heterocycles. The first-order valence-corrected chi connectivity index (χ1v) is 8.61. The van der Waals surface area contributed by atoms with Gasteiger partial charge in [-0.15, -0.1) is 0 Å². The monoisotopic (exact) mass is 380 g/mol. The molecule has 28 heavy (non-hydrogen) atoms. The molecule has 0 unspecified atom stereocenters. The first-order chi connectivity index (χ1) is 13.5. The second-order valence-electron chi connectivity index (χ2n) is 6.01. The summed E-state index contributed by atoms with van der Waals surface area (Å²) in [6.45, 7) is 1.63. The van der Waals surface area contributed by atoms with Crippen LogP contribution >= 0.6 is 0 Å². The molecular weight excluding hydrogens is 360 g/mol. The van der Waals surface area contributed by atoms with Gasteiger partial charge in [-0.3, -0.25) is 15.0 Å². The van der Waals surface area contributed by atoms with Crippen LogP contribution in [0.5, 0.6) is 0 Å². The second kappa shape index (κ2) is 8.21. The Labute approximate surface area is 161 Å². The van der Waals surface area contributed by atoms with Gasteiger partial charge in [0.2, 0.25) is 5.84 Å². The van der Waals surface area contributed by atoms with E-state index in [-0.39, 0.29) is 17.8 Å². The quantitative estimate of drug-likeness (QED) is 0.646. The number of hydrogen-bond donors (Lipinski definition) is 4. The van der Waals surface area contributed by atoms with Crippen molar-refractivity contribution in [2.45, 2.75) is 13.0 Å². The minimum Gasteiger partial charge on any atom is -0.341 e. The van der Waals surface area contributed by atoms with Crippen molar-refractivity contribution in [3.63, 3.8) is 0 Å². The highest BCUT2D eigenvalue weighted by molar-refractivity contribution is 6.43. The molecule has 0 spiro atoms. The molecule has 1 heterocycles. The Kier molecular flexibility index (Phi) is 5.54. The van der Waals surface area contributed by atoms with E-state index < -0.39 is 11.9 Å². The molecule has 1 atom stereocenters. The highest BCUT2D eigenvalue weighted by Gasteiger charge is 2.30. The van der Waals surface area contributed by atoms with Crippen LogP contribution in [0.4, 0.5) is 21.9 Å². The molecule has 0 saturated heterocycles. The Morgan fingerprint density at radius 1 is 1.00 bits per heavy atom. The lowest BCUT2D eigenvalue weighted by Gasteiger charge is -2.30. The standard InChI is InChI=1S/C19H20N6O3/c1-12-18(27)25(15-6-4-3-5-7-15)24-16(21-12)17(26)22-13-8-10-14(11-9-13)23-19(28)20-2/h3-12H,1-2H3,(H,21,24)(H,22,26)(H2,20,23,28)/t12-/m0/s1. The molecule has 2 aromatic carbocycles. The Hall–Kier alpha value is -3.88. The van der Waals surface area contributed by atoms with Crippen LogP contribution in [-0.2, 0) is 9.59 Å². The maximum absolute atomic E-state index is 12.6. The van der Waals surface area contributed by atoms with Crippen molar-refractivity contribution in [1.29, 1.82) is 0 Å². The minimum absolute atomic E-state index is 0.0310. The van der Waals surface area contributed by atoms with Crippen molar-refractivity contribution in [3.8, 4) is 0 Å². The number of amidine groups is 1. The molecule has 4 amide bonds. The number of urea groups is 1. The van der Waals surface area contributed by atoms with E-state index in [0.717, 1.165) is 0 Å². The Morgan fingerprint density at radius 3 is 2.21 bits per heavy atom. The van der Waals surface area contributed by atoms with E-state index in [0.29, 0.717) is 17.1 Å². The van der Waals surface area contributed by atoms with Gasteiger partial charge in [-0.25, -0.2) is 14.8 Å². The topological polar surface area (TPSA) is 115 Å². The largest absolute Gasteiger partial charge is 0.341 e. The summed E-state index contributed by atoms with van der Waals surface area (Å²) in [6.07, 6.45) is 0. The second-order valence-corrected chi connectivity index (χ2v) is 6.01. The third kappa shape index (κ3) is 4.26. The highest BCUT2D eigenvalue weighted by Crippen LogP contribution is 2.17. The van der Waals surface area contributed by atoms with E-state index in [1.165, 1.54) is 12.1 Å². The molecule has 0 aliphatic carbocycles. The third-order valence-electron chi connectivity index (χ3n) is 3.98. The highest BCUT2D eigenvalue weighted by atomic mass is 16.2. The van der Waals surface area contributed by atoms with Gasteiger partial charge in [0.1, 0.15) is 6.04 Å². The number of amides is 4. The average Bonchev–Trinajstić information content (AvgIpc) is 2.71. The normalized spacial score (nSPS) is 15.9. The zero-order valence-corrected chi connectivity index (χ0v) is 15.4. The van der Waals surface area contributed by atoms with Gasteiger partial charge in [-0.1, -0.05) is 18.2 Å². The van der Waals surface area contributed by atoms with Crippen LogP contribution in [0.2, 0.25) is 0 Å². The van der Waals surface area contributed by atoms with Crippen LogP contribution < -0.4 is 26.4 Å². The van der Waals surface area contributed by atoms with Crippen LogP contribution in [0.3, 0.4) is 0 Å². The summed E-state index contributed by atoms with van der Waals surface area (Å²) in [5.74, 6) is -0.705. The molecular formula is C19H20N6O3. The molecule has 0 fully saturated rings. The maximum Gasteiger partial charge on any atom is 0.318 e. The first kappa shape index (κ1) is 18.9. The summed E-state index contributed by atoms with van der Waals surface area (Å²) in [7, 11) is 1.52. The summed E-state index contributed by atoms with van der Waals surface area (Å²) >= 11 is 0. The first-order valence-electron chi connectivity index (χ1n) is 8.61. The number of carbonyl (C=O) groups is 3. The van der Waals surface area contributed by atoms with Crippen LogP contribution in [0.1, 0.15) is 6.92 Å². The fraction of sp³-hybridized carbons (Fsp3) is 0.158. The molecule has 9 nitrogen and oxygen atoms in total. The summed E-state index contributed by atoms with van der Waals surface area (Å²) in [4.78, 5) is 40.4. The number of anilines is 3. The van der Waals surface area contributed by atoms with Gasteiger partial charge in [0.05, 0.1) is 5.69 Å². The average molecular weight is 380 g/mol. The van der Waals surface area contributed by atoms with Crippen LogP contribution in [0, 0.1) is 0 Å². The maximum atomic E-state index is 12.6. The van der Waals surface area contributed by atoms with Gasteiger partial charge in [0, 0.05) is 18.4 Å². The van der Waals surface area contributed by atoms with Crippen molar-refractivity contribution >= 4 is 40.7 Å². The molecule has 0 saturated carbocycles. The SMILES string of the molecule is CNC(=O)Nc1ccc(NC(=O)C2=N[C@@H](C)C(=O)N(c3ccccc3)N2)cc1. The summed E-state index contributed by atoms with van der Waals surface area (Å²) in [5, 5.41) is 9.10. The summed E-state index contributed by atoms with van der Waals surface area (Å²) in [5.41, 5.74) is 4.49. The van der Waals surface area contributed by atoms with E-state index in [4.69, 9.17) is 0 Å². The fourth-order valence-electron chi connectivity index (χ4n) is 2.52. The molecule has 144 valence electrons. The smallest absolute Gasteiger partial charge is 0.318 e. The van der Waals surface area contributed by atoms with Gasteiger partial charge in [-0.2, -0.15) is 0 Å². The number of rotatable bonds is 4. The number of hydrazine groups is 1. The molecule has 0 aromatic heterocycles. The van der Waals surface area contributed by atoms with Gasteiger partial charge in [0.15, 0.2) is 0 Å². The summed E-state index contributed by atoms with van der Waals surface area (Å²) in [6, 6.07) is 14.5.